The minimum Gasteiger partial charge on any atom is -0.369 e. The Morgan fingerprint density at radius 1 is 1.00 bits per heavy atom. The van der Waals surface area contributed by atoms with Crippen LogP contribution in [-0.2, 0) is 0 Å². The molecule has 1 fully saturated rings. The molecule has 0 saturated carbocycles. The Labute approximate surface area is 106 Å². The molecular formula is C12H15N6. The molecule has 2 aliphatic rings. The predicted octanol–water partition coefficient (Wildman–Crippen LogP) is 1.09. The first kappa shape index (κ1) is 11.2. The summed E-state index contributed by atoms with van der Waals surface area (Å²) >= 11 is 0. The van der Waals surface area contributed by atoms with Gasteiger partial charge in [-0.3, -0.25) is 0 Å². The van der Waals surface area contributed by atoms with Gasteiger partial charge < -0.3 is 9.80 Å². The van der Waals surface area contributed by atoms with E-state index in [-0.39, 0.29) is 0 Å². The van der Waals surface area contributed by atoms with Crippen LogP contribution in [0.25, 0.3) is 0 Å². The molecule has 2 aliphatic heterocycles. The summed E-state index contributed by atoms with van der Waals surface area (Å²) in [6, 6.07) is 8.26. The maximum atomic E-state index is 3.85. The molecule has 93 valence electrons. The second kappa shape index (κ2) is 4.73. The number of nitrogens with zero attached hydrogens (tertiary/aromatic N) is 6. The SMILES string of the molecule is CN1CCN(c2ccc(C3=N[N]N=N3)cc2)CC1. The average Bonchev–Trinajstić information content (AvgIpc) is 2.94. The Hall–Kier alpha value is -1.95. The molecule has 1 aromatic rings. The lowest BCUT2D eigenvalue weighted by Crippen LogP contribution is -2.44. The van der Waals surface area contributed by atoms with Gasteiger partial charge in [-0.05, 0) is 42.1 Å². The quantitative estimate of drug-likeness (QED) is 0.780. The standard InChI is InChI=1S/C12H15N6/c1-17-6-8-18(9-7-17)11-4-2-10(3-5-11)12-13-15-16-14-12/h2-5H,6-9H2,1H3. The van der Waals surface area contributed by atoms with E-state index in [4.69, 9.17) is 0 Å². The number of rotatable bonds is 2. The van der Waals surface area contributed by atoms with E-state index in [1.165, 1.54) is 5.69 Å². The van der Waals surface area contributed by atoms with Crippen LogP contribution in [0.2, 0.25) is 0 Å². The van der Waals surface area contributed by atoms with Gasteiger partial charge in [-0.1, -0.05) is 0 Å². The molecular weight excluding hydrogens is 228 g/mol. The summed E-state index contributed by atoms with van der Waals surface area (Å²) in [7, 11) is 2.16. The number of benzene rings is 1. The highest BCUT2D eigenvalue weighted by Crippen LogP contribution is 2.18. The minimum atomic E-state index is 0.583. The van der Waals surface area contributed by atoms with E-state index in [0.29, 0.717) is 5.84 Å². The molecule has 0 amide bonds. The first-order valence-corrected chi connectivity index (χ1v) is 6.05. The highest BCUT2D eigenvalue weighted by atomic mass is 15.6. The molecule has 2 heterocycles. The zero-order valence-corrected chi connectivity index (χ0v) is 10.3. The van der Waals surface area contributed by atoms with Crippen molar-refractivity contribution in [1.82, 2.24) is 10.4 Å². The van der Waals surface area contributed by atoms with Gasteiger partial charge in [0.25, 0.3) is 0 Å². The minimum absolute atomic E-state index is 0.583. The smallest absolute Gasteiger partial charge is 0.207 e. The van der Waals surface area contributed by atoms with Crippen LogP contribution in [0.1, 0.15) is 5.56 Å². The summed E-state index contributed by atoms with van der Waals surface area (Å²) in [5.74, 6) is 0.583. The Morgan fingerprint density at radius 3 is 2.33 bits per heavy atom. The van der Waals surface area contributed by atoms with Gasteiger partial charge in [0.2, 0.25) is 5.84 Å². The normalized spacial score (nSPS) is 19.8. The van der Waals surface area contributed by atoms with Crippen molar-refractivity contribution in [2.45, 2.75) is 0 Å². The van der Waals surface area contributed by atoms with Crippen LogP contribution >= 0.6 is 0 Å². The first-order chi connectivity index (χ1) is 8.83. The van der Waals surface area contributed by atoms with Gasteiger partial charge in [0.15, 0.2) is 0 Å². The summed E-state index contributed by atoms with van der Waals surface area (Å²) < 4.78 is 0. The third-order valence-corrected chi connectivity index (χ3v) is 3.31. The van der Waals surface area contributed by atoms with E-state index in [1.807, 2.05) is 12.1 Å². The van der Waals surface area contributed by atoms with Gasteiger partial charge >= 0.3 is 0 Å². The molecule has 0 aromatic heterocycles. The second-order valence-electron chi connectivity index (χ2n) is 4.54. The van der Waals surface area contributed by atoms with Gasteiger partial charge in [-0.15, -0.1) is 10.2 Å². The van der Waals surface area contributed by atoms with E-state index >= 15 is 0 Å². The fourth-order valence-corrected chi connectivity index (χ4v) is 2.15. The van der Waals surface area contributed by atoms with Crippen LogP contribution in [-0.4, -0.2) is 44.0 Å². The summed E-state index contributed by atoms with van der Waals surface area (Å²) in [6.07, 6.45) is 0. The van der Waals surface area contributed by atoms with E-state index in [1.54, 1.807) is 0 Å². The van der Waals surface area contributed by atoms with Crippen molar-refractivity contribution >= 4 is 11.5 Å². The van der Waals surface area contributed by atoms with Crippen LogP contribution in [0.3, 0.4) is 0 Å². The molecule has 0 aliphatic carbocycles. The van der Waals surface area contributed by atoms with Crippen molar-refractivity contribution in [3.63, 3.8) is 0 Å². The molecule has 0 atom stereocenters. The number of anilines is 1. The van der Waals surface area contributed by atoms with Gasteiger partial charge in [0, 0.05) is 37.4 Å². The average molecular weight is 243 g/mol. The fraction of sp³-hybridized carbons (Fsp3) is 0.417. The van der Waals surface area contributed by atoms with Gasteiger partial charge in [-0.25, -0.2) is 0 Å². The van der Waals surface area contributed by atoms with Crippen LogP contribution in [0.5, 0.6) is 0 Å². The lowest BCUT2D eigenvalue weighted by molar-refractivity contribution is 0.313. The molecule has 6 heteroatoms. The van der Waals surface area contributed by atoms with Gasteiger partial charge in [0.1, 0.15) is 0 Å². The molecule has 1 aromatic carbocycles. The van der Waals surface area contributed by atoms with E-state index in [0.717, 1.165) is 31.7 Å². The molecule has 0 bridgehead atoms. The van der Waals surface area contributed by atoms with Crippen molar-refractivity contribution in [2.24, 2.45) is 15.4 Å². The monoisotopic (exact) mass is 243 g/mol. The topological polar surface area (TPSA) is 57.7 Å². The van der Waals surface area contributed by atoms with E-state index in [2.05, 4.69) is 50.0 Å². The van der Waals surface area contributed by atoms with Crippen molar-refractivity contribution in [1.29, 1.82) is 0 Å². The summed E-state index contributed by atoms with van der Waals surface area (Å²) in [4.78, 5) is 4.74. The predicted molar refractivity (Wildman–Crippen MR) is 69.7 cm³/mol. The third kappa shape index (κ3) is 2.19. The Bertz CT molecular complexity index is 470. The summed E-state index contributed by atoms with van der Waals surface area (Å²) in [5.41, 5.74) is 5.70. The molecule has 6 nitrogen and oxygen atoms in total. The summed E-state index contributed by atoms with van der Waals surface area (Å²) in [5, 5.41) is 11.2. The number of likely N-dealkylation sites (N-methyl/N-ethyl adjacent to an activating group) is 1. The molecule has 0 spiro atoms. The third-order valence-electron chi connectivity index (χ3n) is 3.31. The summed E-state index contributed by atoms with van der Waals surface area (Å²) in [6.45, 7) is 4.38. The molecule has 18 heavy (non-hydrogen) atoms. The fourth-order valence-electron chi connectivity index (χ4n) is 2.15. The maximum Gasteiger partial charge on any atom is 0.207 e. The number of hydrogen-bond acceptors (Lipinski definition) is 5. The lowest BCUT2D eigenvalue weighted by atomic mass is 10.1. The van der Waals surface area contributed by atoms with Crippen LogP contribution in [0, 0.1) is 0 Å². The van der Waals surface area contributed by atoms with Crippen molar-refractivity contribution in [2.75, 3.05) is 38.1 Å². The van der Waals surface area contributed by atoms with E-state index in [9.17, 15) is 0 Å². The maximum absolute atomic E-state index is 3.85. The first-order valence-electron chi connectivity index (χ1n) is 6.05. The van der Waals surface area contributed by atoms with Gasteiger partial charge in [-0.2, -0.15) is 0 Å². The molecule has 0 N–H and O–H groups in total. The largest absolute Gasteiger partial charge is 0.369 e. The van der Waals surface area contributed by atoms with Crippen molar-refractivity contribution < 1.29 is 0 Å². The van der Waals surface area contributed by atoms with E-state index < -0.39 is 0 Å². The molecule has 1 saturated heterocycles. The number of hydrogen-bond donors (Lipinski definition) is 0. The second-order valence-corrected chi connectivity index (χ2v) is 4.54. The van der Waals surface area contributed by atoms with Crippen LogP contribution in [0.4, 0.5) is 5.69 Å². The van der Waals surface area contributed by atoms with Crippen LogP contribution < -0.4 is 10.4 Å². The molecule has 3 rings (SSSR count). The highest BCUT2D eigenvalue weighted by Gasteiger charge is 2.14. The highest BCUT2D eigenvalue weighted by molar-refractivity contribution is 5.99. The lowest BCUT2D eigenvalue weighted by Gasteiger charge is -2.34. The zero-order valence-electron chi connectivity index (χ0n) is 10.3. The Morgan fingerprint density at radius 2 is 1.72 bits per heavy atom. The Balaban J connectivity index is 1.73. The number of piperazine rings is 1. The van der Waals surface area contributed by atoms with Crippen molar-refractivity contribution in [3.05, 3.63) is 29.8 Å². The van der Waals surface area contributed by atoms with Crippen molar-refractivity contribution in [3.8, 4) is 0 Å². The molecule has 0 unspecified atom stereocenters. The van der Waals surface area contributed by atoms with Gasteiger partial charge in [0.05, 0.1) is 0 Å². The van der Waals surface area contributed by atoms with Crippen LogP contribution in [0.15, 0.2) is 39.7 Å². The zero-order chi connectivity index (χ0) is 12.4. The number of amidine groups is 1. The molecule has 1 radical (unpaired) electrons. The Kier molecular flexibility index (Phi) is 2.93.